The Hall–Kier alpha value is -2.62. The van der Waals surface area contributed by atoms with E-state index in [4.69, 9.17) is 0 Å². The highest BCUT2D eigenvalue weighted by molar-refractivity contribution is 5.95. The molecule has 0 bridgehead atoms. The second kappa shape index (κ2) is 6.36. The zero-order valence-corrected chi connectivity index (χ0v) is 14.3. The molecule has 1 saturated heterocycles. The van der Waals surface area contributed by atoms with Gasteiger partial charge in [-0.1, -0.05) is 18.2 Å². The highest BCUT2D eigenvalue weighted by Gasteiger charge is 2.26. The van der Waals surface area contributed by atoms with E-state index in [1.165, 1.54) is 17.7 Å². The molecule has 0 radical (unpaired) electrons. The number of hydrogen-bond donors (Lipinski definition) is 1. The van der Waals surface area contributed by atoms with Crippen LogP contribution in [0, 0.1) is 12.7 Å². The van der Waals surface area contributed by atoms with Crippen LogP contribution in [0.2, 0.25) is 0 Å². The second-order valence-corrected chi connectivity index (χ2v) is 6.82. The fourth-order valence-corrected chi connectivity index (χ4v) is 3.84. The van der Waals surface area contributed by atoms with E-state index in [-0.39, 0.29) is 11.7 Å². The fraction of sp³-hybridized carbons (Fsp3) is 0.286. The van der Waals surface area contributed by atoms with E-state index in [2.05, 4.69) is 4.98 Å². The van der Waals surface area contributed by atoms with Crippen molar-refractivity contribution in [3.05, 3.63) is 71.2 Å². The summed E-state index contributed by atoms with van der Waals surface area (Å²) in [6.07, 6.45) is 3.86. The Balaban J connectivity index is 1.49. The summed E-state index contributed by atoms with van der Waals surface area (Å²) < 4.78 is 13.4. The van der Waals surface area contributed by atoms with Crippen LogP contribution in [-0.2, 0) is 0 Å². The van der Waals surface area contributed by atoms with Gasteiger partial charge in [-0.15, -0.1) is 0 Å². The van der Waals surface area contributed by atoms with Crippen molar-refractivity contribution in [3.8, 4) is 0 Å². The van der Waals surface area contributed by atoms with Gasteiger partial charge in [0.05, 0.1) is 0 Å². The third-order valence-corrected chi connectivity index (χ3v) is 5.27. The summed E-state index contributed by atoms with van der Waals surface area (Å²) in [5, 5.41) is 1.09. The molecular formula is C21H21FN2O. The molecule has 2 heterocycles. The van der Waals surface area contributed by atoms with Crippen molar-refractivity contribution in [1.82, 2.24) is 9.88 Å². The van der Waals surface area contributed by atoms with Gasteiger partial charge in [-0.05, 0) is 61.1 Å². The molecule has 3 aromatic rings. The van der Waals surface area contributed by atoms with E-state index in [0.29, 0.717) is 5.92 Å². The Morgan fingerprint density at radius 3 is 2.68 bits per heavy atom. The number of piperidine rings is 1. The number of carbonyl (C=O) groups excluding carboxylic acids is 1. The molecule has 3 nitrogen and oxygen atoms in total. The van der Waals surface area contributed by atoms with Gasteiger partial charge in [0.1, 0.15) is 5.82 Å². The van der Waals surface area contributed by atoms with Gasteiger partial charge >= 0.3 is 0 Å². The predicted molar refractivity (Wildman–Crippen MR) is 97.3 cm³/mol. The van der Waals surface area contributed by atoms with E-state index < -0.39 is 0 Å². The fourth-order valence-electron chi connectivity index (χ4n) is 3.84. The molecule has 1 N–H and O–H groups in total. The smallest absolute Gasteiger partial charge is 0.254 e. The number of H-pyrrole nitrogens is 1. The lowest BCUT2D eigenvalue weighted by molar-refractivity contribution is 0.0712. The van der Waals surface area contributed by atoms with Crippen LogP contribution >= 0.6 is 0 Å². The minimum Gasteiger partial charge on any atom is -0.361 e. The lowest BCUT2D eigenvalue weighted by atomic mass is 9.89. The maximum absolute atomic E-state index is 13.4. The number of hydrogen-bond acceptors (Lipinski definition) is 1. The van der Waals surface area contributed by atoms with Gasteiger partial charge in [-0.2, -0.15) is 0 Å². The minimum absolute atomic E-state index is 0.123. The quantitative estimate of drug-likeness (QED) is 0.727. The Kier molecular flexibility index (Phi) is 4.04. The van der Waals surface area contributed by atoms with Crippen molar-refractivity contribution >= 4 is 16.8 Å². The summed E-state index contributed by atoms with van der Waals surface area (Å²) >= 11 is 0. The first-order valence-corrected chi connectivity index (χ1v) is 8.75. The predicted octanol–water partition coefficient (Wildman–Crippen LogP) is 4.64. The molecule has 0 aliphatic carbocycles. The first-order valence-electron chi connectivity index (χ1n) is 8.75. The van der Waals surface area contributed by atoms with Crippen molar-refractivity contribution in [2.75, 3.05) is 13.1 Å². The Morgan fingerprint density at radius 1 is 1.16 bits per heavy atom. The minimum atomic E-state index is -0.223. The summed E-state index contributed by atoms with van der Waals surface area (Å²) in [4.78, 5) is 17.9. The number of carbonyl (C=O) groups is 1. The van der Waals surface area contributed by atoms with Gasteiger partial charge < -0.3 is 9.88 Å². The van der Waals surface area contributed by atoms with Crippen LogP contribution in [0.3, 0.4) is 0 Å². The number of aromatic nitrogens is 1. The van der Waals surface area contributed by atoms with Crippen molar-refractivity contribution in [1.29, 1.82) is 0 Å². The van der Waals surface area contributed by atoms with E-state index in [1.54, 1.807) is 0 Å². The third kappa shape index (κ3) is 2.93. The number of amides is 1. The molecule has 25 heavy (non-hydrogen) atoms. The number of aromatic amines is 1. The molecule has 0 spiro atoms. The van der Waals surface area contributed by atoms with Crippen molar-refractivity contribution in [3.63, 3.8) is 0 Å². The zero-order chi connectivity index (χ0) is 17.4. The Bertz CT molecular complexity index is 923. The molecule has 0 unspecified atom stereocenters. The summed E-state index contributed by atoms with van der Waals surface area (Å²) in [6.45, 7) is 3.49. The largest absolute Gasteiger partial charge is 0.361 e. The van der Waals surface area contributed by atoms with Crippen LogP contribution in [0.4, 0.5) is 4.39 Å². The average Bonchev–Trinajstić information content (AvgIpc) is 3.04. The summed E-state index contributed by atoms with van der Waals surface area (Å²) in [7, 11) is 0. The molecule has 0 atom stereocenters. The van der Waals surface area contributed by atoms with E-state index in [1.807, 2.05) is 48.4 Å². The van der Waals surface area contributed by atoms with Crippen molar-refractivity contribution < 1.29 is 9.18 Å². The topological polar surface area (TPSA) is 36.1 Å². The Morgan fingerprint density at radius 2 is 1.92 bits per heavy atom. The normalized spacial score (nSPS) is 15.7. The van der Waals surface area contributed by atoms with E-state index in [9.17, 15) is 9.18 Å². The summed E-state index contributed by atoms with van der Waals surface area (Å²) in [6, 6.07) is 12.6. The number of nitrogens with one attached hydrogen (secondary N) is 1. The number of nitrogens with zero attached hydrogens (tertiary/aromatic N) is 1. The van der Waals surface area contributed by atoms with Crippen LogP contribution in [0.15, 0.2) is 48.7 Å². The van der Waals surface area contributed by atoms with Gasteiger partial charge in [-0.25, -0.2) is 4.39 Å². The van der Waals surface area contributed by atoms with Crippen LogP contribution < -0.4 is 0 Å². The first kappa shape index (κ1) is 15.9. The van der Waals surface area contributed by atoms with E-state index >= 15 is 0 Å². The molecule has 0 saturated carbocycles. The number of rotatable bonds is 2. The van der Waals surface area contributed by atoms with Gasteiger partial charge in [-0.3, -0.25) is 4.79 Å². The number of benzene rings is 2. The van der Waals surface area contributed by atoms with Crippen molar-refractivity contribution in [2.45, 2.75) is 25.7 Å². The first-order chi connectivity index (χ1) is 12.1. The highest BCUT2D eigenvalue weighted by Crippen LogP contribution is 2.33. The molecule has 1 aliphatic rings. The highest BCUT2D eigenvalue weighted by atomic mass is 19.1. The zero-order valence-electron chi connectivity index (χ0n) is 14.3. The molecule has 4 heteroatoms. The third-order valence-electron chi connectivity index (χ3n) is 5.27. The molecule has 128 valence electrons. The van der Waals surface area contributed by atoms with Gasteiger partial charge in [0.15, 0.2) is 0 Å². The number of fused-ring (bicyclic) bond motifs is 1. The Labute approximate surface area is 146 Å². The summed E-state index contributed by atoms with van der Waals surface area (Å²) in [5.41, 5.74) is 3.89. The number of aryl methyl sites for hydroxylation is 1. The molecule has 4 rings (SSSR count). The monoisotopic (exact) mass is 336 g/mol. The maximum Gasteiger partial charge on any atom is 0.254 e. The molecule has 1 aromatic heterocycles. The number of halogens is 1. The van der Waals surface area contributed by atoms with Crippen LogP contribution in [0.25, 0.3) is 10.9 Å². The molecule has 1 aliphatic heterocycles. The van der Waals surface area contributed by atoms with Crippen LogP contribution in [-0.4, -0.2) is 28.9 Å². The lowest BCUT2D eigenvalue weighted by Crippen LogP contribution is -2.38. The van der Waals surface area contributed by atoms with Gasteiger partial charge in [0.2, 0.25) is 0 Å². The molecule has 2 aromatic carbocycles. The number of likely N-dealkylation sites (tertiary alicyclic amines) is 1. The second-order valence-electron chi connectivity index (χ2n) is 6.82. The summed E-state index contributed by atoms with van der Waals surface area (Å²) in [5.74, 6) is 0.303. The lowest BCUT2D eigenvalue weighted by Gasteiger charge is -2.32. The standard InChI is InChI=1S/C21H21FN2O/c1-14-4-2-3-5-17(14)21(25)24-10-8-15(9-11-24)19-13-23-20-12-16(22)6-7-18(19)20/h2-7,12-13,15,23H,8-11H2,1H3. The van der Waals surface area contributed by atoms with E-state index in [0.717, 1.165) is 48.0 Å². The molecule has 1 fully saturated rings. The SMILES string of the molecule is Cc1ccccc1C(=O)N1CCC(c2c[nH]c3cc(F)ccc23)CC1. The van der Waals surface area contributed by atoms with Gasteiger partial charge in [0.25, 0.3) is 5.91 Å². The molecule has 1 amide bonds. The van der Waals surface area contributed by atoms with Crippen LogP contribution in [0.1, 0.15) is 40.2 Å². The van der Waals surface area contributed by atoms with Crippen LogP contribution in [0.5, 0.6) is 0 Å². The van der Waals surface area contributed by atoms with Gasteiger partial charge in [0, 0.05) is 35.8 Å². The average molecular weight is 336 g/mol. The molecular weight excluding hydrogens is 315 g/mol. The maximum atomic E-state index is 13.4. The van der Waals surface area contributed by atoms with Crippen molar-refractivity contribution in [2.24, 2.45) is 0 Å².